The van der Waals surface area contributed by atoms with E-state index >= 15 is 0 Å². The number of benzene rings is 2. The maximum Gasteiger partial charge on any atom is 0.271 e. The molecular formula is C16H17N3O. The van der Waals surface area contributed by atoms with Crippen molar-refractivity contribution >= 4 is 17.8 Å². The molecule has 1 amide bonds. The number of hydrogen-bond acceptors (Lipinski definition) is 3. The number of nitrogens with two attached hydrogens (primary N) is 1. The summed E-state index contributed by atoms with van der Waals surface area (Å²) < 4.78 is 0. The van der Waals surface area contributed by atoms with Gasteiger partial charge >= 0.3 is 0 Å². The number of aryl methyl sites for hydroxylation is 1. The van der Waals surface area contributed by atoms with Gasteiger partial charge in [0.25, 0.3) is 5.91 Å². The molecule has 3 N–H and O–H groups in total. The fraction of sp³-hybridized carbons (Fsp3) is 0.125. The van der Waals surface area contributed by atoms with Crippen molar-refractivity contribution in [3.05, 3.63) is 65.7 Å². The van der Waals surface area contributed by atoms with Crippen LogP contribution in [0.3, 0.4) is 0 Å². The minimum absolute atomic E-state index is 0.235. The van der Waals surface area contributed by atoms with Gasteiger partial charge in [-0.05, 0) is 42.7 Å². The Hall–Kier alpha value is -2.62. The molecule has 4 nitrogen and oxygen atoms in total. The Bertz CT molecular complexity index is 576. The third-order valence-corrected chi connectivity index (χ3v) is 2.84. The van der Waals surface area contributed by atoms with Gasteiger partial charge in [-0.3, -0.25) is 4.79 Å². The Kier molecular flexibility index (Phi) is 4.89. The zero-order valence-electron chi connectivity index (χ0n) is 11.1. The standard InChI is InChI=1S/C16H17N3O/c17-15-10-8-14(9-11-15)16(20)19-18-12-4-7-13-5-2-1-3-6-13/h1-3,5-6,8-12H,4,7,17H2,(H,19,20)/b18-12-. The summed E-state index contributed by atoms with van der Waals surface area (Å²) in [7, 11) is 0. The summed E-state index contributed by atoms with van der Waals surface area (Å²) in [4.78, 5) is 11.7. The van der Waals surface area contributed by atoms with Crippen molar-refractivity contribution in [2.75, 3.05) is 5.73 Å². The lowest BCUT2D eigenvalue weighted by molar-refractivity contribution is 0.0955. The van der Waals surface area contributed by atoms with Crippen LogP contribution < -0.4 is 11.2 Å². The molecular weight excluding hydrogens is 250 g/mol. The number of rotatable bonds is 5. The van der Waals surface area contributed by atoms with Crippen LogP contribution >= 0.6 is 0 Å². The van der Waals surface area contributed by atoms with Crippen molar-refractivity contribution in [2.45, 2.75) is 12.8 Å². The number of nitrogens with one attached hydrogen (secondary N) is 1. The number of carbonyl (C=O) groups excluding carboxylic acids is 1. The normalized spacial score (nSPS) is 10.6. The number of amides is 1. The number of hydrazone groups is 1. The van der Waals surface area contributed by atoms with E-state index in [1.807, 2.05) is 18.2 Å². The smallest absolute Gasteiger partial charge is 0.271 e. The Balaban J connectivity index is 1.76. The number of carbonyl (C=O) groups is 1. The summed E-state index contributed by atoms with van der Waals surface area (Å²) in [6, 6.07) is 16.9. The minimum Gasteiger partial charge on any atom is -0.399 e. The molecule has 0 saturated carbocycles. The highest BCUT2D eigenvalue weighted by Gasteiger charge is 2.02. The molecule has 102 valence electrons. The molecule has 0 fully saturated rings. The molecule has 0 unspecified atom stereocenters. The predicted octanol–water partition coefficient (Wildman–Crippen LogP) is 2.62. The highest BCUT2D eigenvalue weighted by molar-refractivity contribution is 5.94. The van der Waals surface area contributed by atoms with E-state index in [-0.39, 0.29) is 5.91 Å². The van der Waals surface area contributed by atoms with Crippen molar-refractivity contribution < 1.29 is 4.79 Å². The van der Waals surface area contributed by atoms with E-state index in [9.17, 15) is 4.79 Å². The molecule has 0 heterocycles. The maximum atomic E-state index is 11.7. The van der Waals surface area contributed by atoms with Crippen LogP contribution in [0.5, 0.6) is 0 Å². The van der Waals surface area contributed by atoms with Gasteiger partial charge in [-0.2, -0.15) is 5.10 Å². The van der Waals surface area contributed by atoms with Gasteiger partial charge < -0.3 is 5.73 Å². The van der Waals surface area contributed by atoms with E-state index in [1.54, 1.807) is 30.5 Å². The minimum atomic E-state index is -0.235. The van der Waals surface area contributed by atoms with Gasteiger partial charge in [-0.1, -0.05) is 30.3 Å². The SMILES string of the molecule is Nc1ccc(C(=O)N/N=C\CCc2ccccc2)cc1. The van der Waals surface area contributed by atoms with Gasteiger partial charge in [-0.15, -0.1) is 0 Å². The van der Waals surface area contributed by atoms with Gasteiger partial charge in [0, 0.05) is 17.5 Å². The van der Waals surface area contributed by atoms with Gasteiger partial charge in [-0.25, -0.2) is 5.43 Å². The van der Waals surface area contributed by atoms with Crippen molar-refractivity contribution in [3.8, 4) is 0 Å². The average molecular weight is 267 g/mol. The monoisotopic (exact) mass is 267 g/mol. The highest BCUT2D eigenvalue weighted by Crippen LogP contribution is 2.05. The van der Waals surface area contributed by atoms with Crippen LogP contribution in [0.4, 0.5) is 5.69 Å². The third kappa shape index (κ3) is 4.24. The molecule has 2 aromatic rings. The summed E-state index contributed by atoms with van der Waals surface area (Å²) in [5.41, 5.74) is 10.5. The van der Waals surface area contributed by atoms with E-state index in [1.165, 1.54) is 5.56 Å². The van der Waals surface area contributed by atoms with Crippen molar-refractivity contribution in [3.63, 3.8) is 0 Å². The zero-order valence-corrected chi connectivity index (χ0v) is 11.1. The summed E-state index contributed by atoms with van der Waals surface area (Å²) in [6.45, 7) is 0. The molecule has 2 aromatic carbocycles. The predicted molar refractivity (Wildman–Crippen MR) is 81.6 cm³/mol. The number of hydrogen-bond donors (Lipinski definition) is 2. The van der Waals surface area contributed by atoms with E-state index in [4.69, 9.17) is 5.73 Å². The van der Waals surface area contributed by atoms with Gasteiger partial charge in [0.05, 0.1) is 0 Å². The van der Waals surface area contributed by atoms with Crippen LogP contribution in [0.2, 0.25) is 0 Å². The molecule has 0 radical (unpaired) electrons. The molecule has 2 rings (SSSR count). The first-order valence-electron chi connectivity index (χ1n) is 6.47. The molecule has 4 heteroatoms. The topological polar surface area (TPSA) is 67.5 Å². The van der Waals surface area contributed by atoms with Crippen LogP contribution in [0.15, 0.2) is 59.7 Å². The van der Waals surface area contributed by atoms with Crippen molar-refractivity contribution in [1.82, 2.24) is 5.43 Å². The average Bonchev–Trinajstić information content (AvgIpc) is 2.48. The number of nitrogens with zero attached hydrogens (tertiary/aromatic N) is 1. The Morgan fingerprint density at radius 2 is 1.80 bits per heavy atom. The lowest BCUT2D eigenvalue weighted by atomic mass is 10.1. The summed E-state index contributed by atoms with van der Waals surface area (Å²) in [5.74, 6) is -0.235. The molecule has 0 bridgehead atoms. The molecule has 0 saturated heterocycles. The van der Waals surface area contributed by atoms with Crippen LogP contribution in [0, 0.1) is 0 Å². The number of nitrogen functional groups attached to an aromatic ring is 1. The van der Waals surface area contributed by atoms with E-state index < -0.39 is 0 Å². The summed E-state index contributed by atoms with van der Waals surface area (Å²) in [6.07, 6.45) is 3.40. The van der Waals surface area contributed by atoms with E-state index in [0.717, 1.165) is 12.8 Å². The maximum absolute atomic E-state index is 11.7. The first-order valence-corrected chi connectivity index (χ1v) is 6.47. The second kappa shape index (κ2) is 7.09. The summed E-state index contributed by atoms with van der Waals surface area (Å²) in [5, 5.41) is 3.93. The lowest BCUT2D eigenvalue weighted by Gasteiger charge is -2.00. The van der Waals surface area contributed by atoms with Crippen LogP contribution in [-0.2, 0) is 6.42 Å². The fourth-order valence-corrected chi connectivity index (χ4v) is 1.74. The lowest BCUT2D eigenvalue weighted by Crippen LogP contribution is -2.17. The fourth-order valence-electron chi connectivity index (χ4n) is 1.74. The number of anilines is 1. The second-order valence-corrected chi connectivity index (χ2v) is 4.40. The molecule has 0 aromatic heterocycles. The quantitative estimate of drug-likeness (QED) is 0.497. The Morgan fingerprint density at radius 1 is 1.10 bits per heavy atom. The molecule has 0 aliphatic heterocycles. The first-order chi connectivity index (χ1) is 9.75. The molecule has 0 aliphatic carbocycles. The van der Waals surface area contributed by atoms with Gasteiger partial charge in [0.1, 0.15) is 0 Å². The van der Waals surface area contributed by atoms with Crippen molar-refractivity contribution in [1.29, 1.82) is 0 Å². The zero-order chi connectivity index (χ0) is 14.2. The Labute approximate surface area is 118 Å². The second-order valence-electron chi connectivity index (χ2n) is 4.40. The highest BCUT2D eigenvalue weighted by atomic mass is 16.2. The van der Waals surface area contributed by atoms with E-state index in [0.29, 0.717) is 11.3 Å². The first kappa shape index (κ1) is 13.8. The van der Waals surface area contributed by atoms with Crippen LogP contribution in [0.25, 0.3) is 0 Å². The van der Waals surface area contributed by atoms with Crippen LogP contribution in [-0.4, -0.2) is 12.1 Å². The molecule has 0 spiro atoms. The van der Waals surface area contributed by atoms with Gasteiger partial charge in [0.2, 0.25) is 0 Å². The third-order valence-electron chi connectivity index (χ3n) is 2.84. The van der Waals surface area contributed by atoms with E-state index in [2.05, 4.69) is 22.7 Å². The van der Waals surface area contributed by atoms with Crippen LogP contribution in [0.1, 0.15) is 22.3 Å². The van der Waals surface area contributed by atoms with Crippen molar-refractivity contribution in [2.24, 2.45) is 5.10 Å². The Morgan fingerprint density at radius 3 is 2.50 bits per heavy atom. The molecule has 20 heavy (non-hydrogen) atoms. The summed E-state index contributed by atoms with van der Waals surface area (Å²) >= 11 is 0. The van der Waals surface area contributed by atoms with Gasteiger partial charge in [0.15, 0.2) is 0 Å². The molecule has 0 atom stereocenters. The molecule has 0 aliphatic rings. The largest absolute Gasteiger partial charge is 0.399 e.